The van der Waals surface area contributed by atoms with Crippen LogP contribution in [0.2, 0.25) is 0 Å². The van der Waals surface area contributed by atoms with Crippen molar-refractivity contribution in [3.8, 4) is 11.1 Å². The molecule has 0 heterocycles. The highest BCUT2D eigenvalue weighted by Gasteiger charge is 2.08. The highest BCUT2D eigenvalue weighted by molar-refractivity contribution is 7.79. The van der Waals surface area contributed by atoms with E-state index in [9.17, 15) is 9.59 Å². The standard InChI is InChI=1S/C14H12N2O2S2/c17-13(15-19)11-5-1-3-9(7-11)10-4-2-6-12(8-10)14(18)16-20/h1-8,19-20H,(H,15,17)(H,16,18). The fourth-order valence-electron chi connectivity index (χ4n) is 1.81. The Morgan fingerprint density at radius 2 is 1.15 bits per heavy atom. The molecular formula is C14H12N2O2S2. The maximum atomic E-state index is 11.6. The number of hydrogen-bond donors (Lipinski definition) is 4. The van der Waals surface area contributed by atoms with Crippen LogP contribution in [0.25, 0.3) is 11.1 Å². The van der Waals surface area contributed by atoms with Crippen LogP contribution < -0.4 is 9.44 Å². The summed E-state index contributed by atoms with van der Waals surface area (Å²) < 4.78 is 4.56. The first-order valence-corrected chi connectivity index (χ1v) is 6.64. The van der Waals surface area contributed by atoms with E-state index in [1.165, 1.54) is 0 Å². The predicted molar refractivity (Wildman–Crippen MR) is 84.8 cm³/mol. The Hall–Kier alpha value is -1.92. The first-order valence-electron chi connectivity index (χ1n) is 5.75. The molecule has 2 aromatic carbocycles. The van der Waals surface area contributed by atoms with Gasteiger partial charge in [-0.3, -0.25) is 19.0 Å². The zero-order chi connectivity index (χ0) is 14.5. The van der Waals surface area contributed by atoms with Gasteiger partial charge in [-0.2, -0.15) is 0 Å². The van der Waals surface area contributed by atoms with Crippen LogP contribution in [0.5, 0.6) is 0 Å². The van der Waals surface area contributed by atoms with Crippen molar-refractivity contribution in [1.29, 1.82) is 0 Å². The summed E-state index contributed by atoms with van der Waals surface area (Å²) in [5, 5.41) is 0. The fraction of sp³-hybridized carbons (Fsp3) is 0. The van der Waals surface area contributed by atoms with E-state index < -0.39 is 0 Å². The van der Waals surface area contributed by atoms with Crippen molar-refractivity contribution in [2.24, 2.45) is 0 Å². The molecule has 0 radical (unpaired) electrons. The summed E-state index contributed by atoms with van der Waals surface area (Å²) >= 11 is 7.49. The third-order valence-corrected chi connectivity index (χ3v) is 3.19. The molecule has 6 heteroatoms. The van der Waals surface area contributed by atoms with Gasteiger partial charge in [0.15, 0.2) is 0 Å². The number of rotatable bonds is 3. The molecule has 0 aromatic heterocycles. The van der Waals surface area contributed by atoms with Crippen LogP contribution in [0.4, 0.5) is 0 Å². The topological polar surface area (TPSA) is 58.2 Å². The number of carbonyl (C=O) groups excluding carboxylic acids is 2. The second-order valence-corrected chi connectivity index (χ2v) is 4.49. The summed E-state index contributed by atoms with van der Waals surface area (Å²) in [6, 6.07) is 14.2. The minimum absolute atomic E-state index is 0.278. The van der Waals surface area contributed by atoms with Gasteiger partial charge in [-0.05, 0) is 35.4 Å². The lowest BCUT2D eigenvalue weighted by Gasteiger charge is -2.06. The van der Waals surface area contributed by atoms with E-state index in [0.29, 0.717) is 11.1 Å². The van der Waals surface area contributed by atoms with E-state index in [-0.39, 0.29) is 11.8 Å². The minimum Gasteiger partial charge on any atom is -0.299 e. The minimum atomic E-state index is -0.278. The van der Waals surface area contributed by atoms with E-state index in [2.05, 4.69) is 35.1 Å². The van der Waals surface area contributed by atoms with Crippen molar-refractivity contribution in [1.82, 2.24) is 9.44 Å². The van der Waals surface area contributed by atoms with Gasteiger partial charge in [0.25, 0.3) is 11.8 Å². The smallest absolute Gasteiger partial charge is 0.260 e. The lowest BCUT2D eigenvalue weighted by atomic mass is 10.0. The van der Waals surface area contributed by atoms with Gasteiger partial charge in [0, 0.05) is 11.1 Å². The Morgan fingerprint density at radius 3 is 1.50 bits per heavy atom. The third kappa shape index (κ3) is 3.15. The van der Waals surface area contributed by atoms with Crippen molar-refractivity contribution in [3.63, 3.8) is 0 Å². The molecule has 0 aliphatic heterocycles. The van der Waals surface area contributed by atoms with Crippen molar-refractivity contribution in [2.45, 2.75) is 0 Å². The number of nitrogens with one attached hydrogen (secondary N) is 2. The first-order chi connectivity index (χ1) is 9.65. The molecule has 0 aliphatic carbocycles. The second-order valence-electron chi connectivity index (χ2n) is 4.04. The third-order valence-electron chi connectivity index (χ3n) is 2.79. The summed E-state index contributed by atoms with van der Waals surface area (Å²) in [7, 11) is 0. The van der Waals surface area contributed by atoms with Gasteiger partial charge in [-0.1, -0.05) is 49.9 Å². The molecule has 0 spiro atoms. The number of benzene rings is 2. The normalized spacial score (nSPS) is 9.90. The van der Waals surface area contributed by atoms with Crippen LogP contribution >= 0.6 is 25.6 Å². The zero-order valence-corrected chi connectivity index (χ0v) is 12.1. The summed E-state index contributed by atoms with van der Waals surface area (Å²) in [5.74, 6) is -0.557. The molecule has 0 saturated carbocycles. The molecule has 0 atom stereocenters. The molecule has 2 rings (SSSR count). The summed E-state index contributed by atoms with van der Waals surface area (Å²) in [4.78, 5) is 23.1. The van der Waals surface area contributed by atoms with E-state index in [0.717, 1.165) is 11.1 Å². The Balaban J connectivity index is 2.41. The Bertz CT molecular complexity index is 602. The van der Waals surface area contributed by atoms with E-state index in [4.69, 9.17) is 0 Å². The molecule has 0 bridgehead atoms. The summed E-state index contributed by atoms with van der Waals surface area (Å²) in [5.41, 5.74) is 2.68. The van der Waals surface area contributed by atoms with E-state index in [1.54, 1.807) is 36.4 Å². The monoisotopic (exact) mass is 304 g/mol. The summed E-state index contributed by atoms with van der Waals surface area (Å²) in [6.45, 7) is 0. The largest absolute Gasteiger partial charge is 0.299 e. The molecular weight excluding hydrogens is 292 g/mol. The Kier molecular flexibility index (Phi) is 4.70. The van der Waals surface area contributed by atoms with E-state index >= 15 is 0 Å². The predicted octanol–water partition coefficient (Wildman–Crippen LogP) is 2.50. The molecule has 0 aliphatic rings. The molecule has 0 saturated heterocycles. The lowest BCUT2D eigenvalue weighted by Crippen LogP contribution is -2.13. The van der Waals surface area contributed by atoms with Crippen molar-refractivity contribution >= 4 is 37.4 Å². The summed E-state index contributed by atoms with van der Waals surface area (Å²) in [6.07, 6.45) is 0. The van der Waals surface area contributed by atoms with Crippen LogP contribution in [-0.4, -0.2) is 11.8 Å². The molecule has 2 N–H and O–H groups in total. The number of thiol groups is 2. The van der Waals surface area contributed by atoms with Gasteiger partial charge in [0.2, 0.25) is 0 Å². The van der Waals surface area contributed by atoms with Gasteiger partial charge in [0.05, 0.1) is 0 Å². The van der Waals surface area contributed by atoms with E-state index in [1.807, 2.05) is 12.1 Å². The highest BCUT2D eigenvalue weighted by atomic mass is 32.1. The van der Waals surface area contributed by atoms with Gasteiger partial charge in [-0.25, -0.2) is 0 Å². The van der Waals surface area contributed by atoms with Gasteiger partial charge in [0.1, 0.15) is 0 Å². The number of carbonyl (C=O) groups is 2. The van der Waals surface area contributed by atoms with Crippen molar-refractivity contribution in [2.75, 3.05) is 0 Å². The second kappa shape index (κ2) is 6.49. The molecule has 2 aromatic rings. The first kappa shape index (κ1) is 14.5. The van der Waals surface area contributed by atoms with Crippen LogP contribution in [0.1, 0.15) is 20.7 Å². The molecule has 4 nitrogen and oxygen atoms in total. The highest BCUT2D eigenvalue weighted by Crippen LogP contribution is 2.21. The van der Waals surface area contributed by atoms with Crippen molar-refractivity contribution < 1.29 is 9.59 Å². The Morgan fingerprint density at radius 1 is 0.750 bits per heavy atom. The van der Waals surface area contributed by atoms with Crippen LogP contribution in [0.3, 0.4) is 0 Å². The average Bonchev–Trinajstić information content (AvgIpc) is 2.53. The van der Waals surface area contributed by atoms with Crippen LogP contribution in [0.15, 0.2) is 48.5 Å². The van der Waals surface area contributed by atoms with Gasteiger partial charge < -0.3 is 0 Å². The fourth-order valence-corrected chi connectivity index (χ4v) is 2.07. The molecule has 0 fully saturated rings. The average molecular weight is 304 g/mol. The molecule has 2 amide bonds. The van der Waals surface area contributed by atoms with Crippen LogP contribution in [0, 0.1) is 0 Å². The van der Waals surface area contributed by atoms with Crippen molar-refractivity contribution in [3.05, 3.63) is 59.7 Å². The maximum absolute atomic E-state index is 11.6. The van der Waals surface area contributed by atoms with Gasteiger partial charge in [-0.15, -0.1) is 0 Å². The van der Waals surface area contributed by atoms with Crippen LogP contribution in [-0.2, 0) is 0 Å². The number of hydrogen-bond acceptors (Lipinski definition) is 4. The zero-order valence-electron chi connectivity index (χ0n) is 10.3. The molecule has 20 heavy (non-hydrogen) atoms. The Labute approximate surface area is 127 Å². The molecule has 0 unspecified atom stereocenters. The molecule has 102 valence electrons. The maximum Gasteiger partial charge on any atom is 0.260 e. The lowest BCUT2D eigenvalue weighted by molar-refractivity contribution is 0.0976. The SMILES string of the molecule is O=C(NS)c1cccc(-c2cccc(C(=O)NS)c2)c1. The van der Waals surface area contributed by atoms with Gasteiger partial charge >= 0.3 is 0 Å². The number of amides is 2. The quantitative estimate of drug-likeness (QED) is 0.659.